The molecular weight excluding hydrogens is 384 g/mol. The molecule has 0 atom stereocenters. The molecule has 0 aliphatic rings. The molecule has 0 spiro atoms. The lowest BCUT2D eigenvalue weighted by molar-refractivity contribution is -0.113. The first-order valence-electron chi connectivity index (χ1n) is 7.20. The van der Waals surface area contributed by atoms with Crippen molar-refractivity contribution in [2.24, 2.45) is 0 Å². The van der Waals surface area contributed by atoms with Crippen LogP contribution in [0.25, 0.3) is 5.69 Å². The van der Waals surface area contributed by atoms with Gasteiger partial charge in [-0.25, -0.2) is 9.37 Å². The first-order chi connectivity index (χ1) is 12.0. The summed E-state index contributed by atoms with van der Waals surface area (Å²) in [5.41, 5.74) is 1.09. The van der Waals surface area contributed by atoms with Gasteiger partial charge in [-0.1, -0.05) is 47.1 Å². The van der Waals surface area contributed by atoms with Gasteiger partial charge in [0.05, 0.1) is 27.2 Å². The second kappa shape index (κ2) is 7.91. The molecule has 0 saturated heterocycles. The number of rotatable bonds is 5. The third kappa shape index (κ3) is 4.34. The molecular formula is C17H12Cl2FN3OS. The minimum atomic E-state index is -0.338. The van der Waals surface area contributed by atoms with Crippen LogP contribution >= 0.6 is 35.0 Å². The number of hydrogen-bond donors (Lipinski definition) is 1. The lowest BCUT2D eigenvalue weighted by atomic mass is 10.3. The molecule has 3 rings (SSSR count). The zero-order chi connectivity index (χ0) is 17.8. The minimum absolute atomic E-state index is 0.120. The Morgan fingerprint density at radius 1 is 1.24 bits per heavy atom. The molecule has 3 aromatic rings. The van der Waals surface area contributed by atoms with Gasteiger partial charge in [-0.3, -0.25) is 9.36 Å². The Bertz CT molecular complexity index is 916. The Hall–Kier alpha value is -2.02. The molecule has 4 nitrogen and oxygen atoms in total. The standard InChI is InChI=1S/C17H12Cl2FN3OS/c18-13-5-2-6-14(16(13)19)22-15(24)10-25-17-21-7-8-23(17)12-4-1-3-11(20)9-12/h1-9H,10H2,(H,22,24). The van der Waals surface area contributed by atoms with E-state index in [4.69, 9.17) is 23.2 Å². The number of aromatic nitrogens is 2. The lowest BCUT2D eigenvalue weighted by Gasteiger charge is -2.09. The zero-order valence-corrected chi connectivity index (χ0v) is 15.1. The second-order valence-electron chi connectivity index (χ2n) is 5.00. The van der Waals surface area contributed by atoms with Crippen molar-refractivity contribution in [3.8, 4) is 5.69 Å². The molecule has 1 N–H and O–H groups in total. The Kier molecular flexibility index (Phi) is 5.63. The van der Waals surface area contributed by atoms with Gasteiger partial charge in [0.25, 0.3) is 0 Å². The quantitative estimate of drug-likeness (QED) is 0.614. The maximum Gasteiger partial charge on any atom is 0.234 e. The molecule has 1 aromatic heterocycles. The van der Waals surface area contributed by atoms with Crippen LogP contribution in [0.4, 0.5) is 10.1 Å². The van der Waals surface area contributed by atoms with Gasteiger partial charge >= 0.3 is 0 Å². The summed E-state index contributed by atoms with van der Waals surface area (Å²) < 4.78 is 15.1. The third-order valence-electron chi connectivity index (χ3n) is 3.25. The number of carbonyl (C=O) groups is 1. The van der Waals surface area contributed by atoms with E-state index < -0.39 is 0 Å². The molecule has 0 radical (unpaired) electrons. The maximum atomic E-state index is 13.4. The summed E-state index contributed by atoms with van der Waals surface area (Å²) in [6.07, 6.45) is 3.31. The molecule has 0 saturated carbocycles. The van der Waals surface area contributed by atoms with Gasteiger partial charge in [0.2, 0.25) is 5.91 Å². The van der Waals surface area contributed by atoms with E-state index in [-0.39, 0.29) is 17.5 Å². The summed E-state index contributed by atoms with van der Waals surface area (Å²) in [5, 5.41) is 3.95. The maximum absolute atomic E-state index is 13.4. The van der Waals surface area contributed by atoms with Crippen molar-refractivity contribution in [3.63, 3.8) is 0 Å². The summed E-state index contributed by atoms with van der Waals surface area (Å²) in [6.45, 7) is 0. The predicted octanol–water partition coefficient (Wildman–Crippen LogP) is 5.05. The van der Waals surface area contributed by atoms with Gasteiger partial charge in [-0.2, -0.15) is 0 Å². The van der Waals surface area contributed by atoms with Gasteiger partial charge in [0.1, 0.15) is 5.82 Å². The van der Waals surface area contributed by atoms with Crippen LogP contribution in [0.15, 0.2) is 60.0 Å². The fraction of sp³-hybridized carbons (Fsp3) is 0.0588. The van der Waals surface area contributed by atoms with Gasteiger partial charge < -0.3 is 5.32 Å². The van der Waals surface area contributed by atoms with Crippen LogP contribution in [0.5, 0.6) is 0 Å². The molecule has 0 aliphatic carbocycles. The molecule has 0 aliphatic heterocycles. The van der Waals surface area contributed by atoms with Crippen molar-refractivity contribution in [1.82, 2.24) is 9.55 Å². The van der Waals surface area contributed by atoms with Crippen molar-refractivity contribution in [2.75, 3.05) is 11.1 Å². The van der Waals surface area contributed by atoms with Crippen LogP contribution < -0.4 is 5.32 Å². The van der Waals surface area contributed by atoms with Gasteiger partial charge in [0, 0.05) is 12.4 Å². The summed E-state index contributed by atoms with van der Waals surface area (Å²) in [5.74, 6) is -0.465. The summed E-state index contributed by atoms with van der Waals surface area (Å²) in [4.78, 5) is 16.4. The van der Waals surface area contributed by atoms with Crippen LogP contribution in [-0.2, 0) is 4.79 Å². The molecule has 128 valence electrons. The highest BCUT2D eigenvalue weighted by molar-refractivity contribution is 7.99. The average molecular weight is 396 g/mol. The van der Waals surface area contributed by atoms with Crippen LogP contribution in [0.3, 0.4) is 0 Å². The van der Waals surface area contributed by atoms with Crippen LogP contribution in [0.1, 0.15) is 0 Å². The first kappa shape index (κ1) is 17.8. The molecule has 0 fully saturated rings. The van der Waals surface area contributed by atoms with E-state index in [1.165, 1.54) is 23.9 Å². The molecule has 1 heterocycles. The Balaban J connectivity index is 1.67. The number of carbonyl (C=O) groups excluding carboxylic acids is 1. The number of hydrogen-bond acceptors (Lipinski definition) is 3. The van der Waals surface area contributed by atoms with Crippen molar-refractivity contribution in [2.45, 2.75) is 5.16 Å². The van der Waals surface area contributed by atoms with Crippen molar-refractivity contribution in [1.29, 1.82) is 0 Å². The molecule has 1 amide bonds. The zero-order valence-electron chi connectivity index (χ0n) is 12.7. The smallest absolute Gasteiger partial charge is 0.234 e. The van der Waals surface area contributed by atoms with Crippen molar-refractivity contribution >= 4 is 46.6 Å². The largest absolute Gasteiger partial charge is 0.324 e. The molecule has 0 unspecified atom stereocenters. The van der Waals surface area contributed by atoms with E-state index in [1.807, 2.05) is 0 Å². The highest BCUT2D eigenvalue weighted by Crippen LogP contribution is 2.30. The van der Waals surface area contributed by atoms with Crippen molar-refractivity contribution in [3.05, 3.63) is 70.7 Å². The number of halogens is 3. The van der Waals surface area contributed by atoms with Gasteiger partial charge in [-0.15, -0.1) is 0 Å². The fourth-order valence-corrected chi connectivity index (χ4v) is 3.26. The van der Waals surface area contributed by atoms with Gasteiger partial charge in [-0.05, 0) is 30.3 Å². The highest BCUT2D eigenvalue weighted by atomic mass is 35.5. The summed E-state index contributed by atoms with van der Waals surface area (Å²) in [7, 11) is 0. The summed E-state index contributed by atoms with van der Waals surface area (Å²) in [6, 6.07) is 11.2. The number of imidazole rings is 1. The number of nitrogens with zero attached hydrogens (tertiary/aromatic N) is 2. The highest BCUT2D eigenvalue weighted by Gasteiger charge is 2.12. The molecule has 0 bridgehead atoms. The van der Waals surface area contributed by atoms with Crippen LogP contribution in [-0.4, -0.2) is 21.2 Å². The molecule has 25 heavy (non-hydrogen) atoms. The van der Waals surface area contributed by atoms with E-state index >= 15 is 0 Å². The molecule has 2 aromatic carbocycles. The number of anilines is 1. The first-order valence-corrected chi connectivity index (χ1v) is 8.94. The minimum Gasteiger partial charge on any atom is -0.324 e. The normalized spacial score (nSPS) is 10.7. The van der Waals surface area contributed by atoms with Crippen LogP contribution in [0.2, 0.25) is 10.0 Å². The Labute approximate surface area is 158 Å². The number of thioether (sulfide) groups is 1. The van der Waals surface area contributed by atoms with E-state index in [0.29, 0.717) is 26.6 Å². The van der Waals surface area contributed by atoms with E-state index in [0.717, 1.165) is 0 Å². The third-order valence-corrected chi connectivity index (χ3v) is 5.04. The lowest BCUT2D eigenvalue weighted by Crippen LogP contribution is -2.14. The number of nitrogens with one attached hydrogen (secondary N) is 1. The van der Waals surface area contributed by atoms with E-state index in [2.05, 4.69) is 10.3 Å². The average Bonchev–Trinajstić information content (AvgIpc) is 3.06. The SMILES string of the molecule is O=C(CSc1nccn1-c1cccc(F)c1)Nc1cccc(Cl)c1Cl. The van der Waals surface area contributed by atoms with Crippen LogP contribution in [0, 0.1) is 5.82 Å². The van der Waals surface area contributed by atoms with E-state index in [9.17, 15) is 9.18 Å². The molecule has 8 heteroatoms. The summed E-state index contributed by atoms with van der Waals surface area (Å²) >= 11 is 13.2. The van der Waals surface area contributed by atoms with Gasteiger partial charge in [0.15, 0.2) is 5.16 Å². The van der Waals surface area contributed by atoms with Crippen molar-refractivity contribution < 1.29 is 9.18 Å². The predicted molar refractivity (Wildman–Crippen MR) is 99.3 cm³/mol. The Morgan fingerprint density at radius 2 is 2.04 bits per heavy atom. The monoisotopic (exact) mass is 395 g/mol. The number of benzene rings is 2. The Morgan fingerprint density at radius 3 is 2.84 bits per heavy atom. The topological polar surface area (TPSA) is 46.9 Å². The second-order valence-corrected chi connectivity index (χ2v) is 6.73. The fourth-order valence-electron chi connectivity index (χ4n) is 2.14. The van der Waals surface area contributed by atoms with E-state index in [1.54, 1.807) is 47.3 Å². The number of amides is 1.